The summed E-state index contributed by atoms with van der Waals surface area (Å²) in [5.41, 5.74) is 7.16. The molecule has 3 unspecified atom stereocenters. The third kappa shape index (κ3) is 2.91. The van der Waals surface area contributed by atoms with Crippen molar-refractivity contribution in [3.63, 3.8) is 0 Å². The van der Waals surface area contributed by atoms with Crippen molar-refractivity contribution >= 4 is 0 Å². The summed E-state index contributed by atoms with van der Waals surface area (Å²) in [6, 6.07) is 6.79. The molecule has 1 aliphatic heterocycles. The molecule has 0 radical (unpaired) electrons. The summed E-state index contributed by atoms with van der Waals surface area (Å²) in [7, 11) is 1.57. The Bertz CT molecular complexity index is 440. The van der Waals surface area contributed by atoms with E-state index in [4.69, 9.17) is 10.5 Å². The number of rotatable bonds is 4. The topological polar surface area (TPSA) is 58.7 Å². The van der Waals surface area contributed by atoms with E-state index in [9.17, 15) is 5.11 Å². The van der Waals surface area contributed by atoms with Crippen LogP contribution in [0.4, 0.5) is 0 Å². The van der Waals surface area contributed by atoms with Crippen LogP contribution < -0.4 is 10.5 Å². The molecule has 1 aromatic rings. The van der Waals surface area contributed by atoms with Crippen molar-refractivity contribution in [2.45, 2.75) is 51.2 Å². The zero-order chi connectivity index (χ0) is 14.7. The minimum atomic E-state index is 0.173. The predicted molar refractivity (Wildman–Crippen MR) is 81.1 cm³/mol. The normalized spacial score (nSPS) is 25.4. The summed E-state index contributed by atoms with van der Waals surface area (Å²) < 4.78 is 5.21. The van der Waals surface area contributed by atoms with Crippen LogP contribution in [0.2, 0.25) is 0 Å². The molecule has 1 fully saturated rings. The van der Waals surface area contributed by atoms with E-state index in [2.05, 4.69) is 18.7 Å². The lowest BCUT2D eigenvalue weighted by molar-refractivity contribution is 0.0576. The lowest BCUT2D eigenvalue weighted by Crippen LogP contribution is -2.48. The fraction of sp³-hybridized carbons (Fsp3) is 0.625. The van der Waals surface area contributed by atoms with Crippen molar-refractivity contribution in [2.75, 3.05) is 13.7 Å². The molecule has 1 aliphatic rings. The highest BCUT2D eigenvalue weighted by Gasteiger charge is 2.31. The number of nitrogens with two attached hydrogens (primary N) is 1. The number of phenolic OH excluding ortho intramolecular Hbond substituents is 1. The van der Waals surface area contributed by atoms with Crippen molar-refractivity contribution in [1.82, 2.24) is 4.90 Å². The lowest BCUT2D eigenvalue weighted by atomic mass is 9.92. The van der Waals surface area contributed by atoms with E-state index in [0.717, 1.165) is 5.56 Å². The average molecular weight is 278 g/mol. The molecule has 0 amide bonds. The smallest absolute Gasteiger partial charge is 0.160 e. The van der Waals surface area contributed by atoms with Gasteiger partial charge in [0.2, 0.25) is 0 Å². The molecule has 1 aromatic carbocycles. The Morgan fingerprint density at radius 3 is 2.55 bits per heavy atom. The molecule has 3 N–H and O–H groups in total. The minimum absolute atomic E-state index is 0.173. The Morgan fingerprint density at radius 2 is 2.00 bits per heavy atom. The van der Waals surface area contributed by atoms with Crippen LogP contribution in [-0.2, 0) is 0 Å². The maximum atomic E-state index is 9.73. The Labute approximate surface area is 121 Å². The first kappa shape index (κ1) is 15.1. The highest BCUT2D eigenvalue weighted by atomic mass is 16.5. The zero-order valence-electron chi connectivity index (χ0n) is 12.7. The number of hydrogen-bond donors (Lipinski definition) is 2. The molecule has 0 saturated carbocycles. The molecule has 0 aromatic heterocycles. The summed E-state index contributed by atoms with van der Waals surface area (Å²) >= 11 is 0. The Balaban J connectivity index is 2.31. The zero-order valence-corrected chi connectivity index (χ0v) is 12.7. The maximum Gasteiger partial charge on any atom is 0.160 e. The molecular formula is C16H26N2O2. The molecule has 0 aliphatic carbocycles. The van der Waals surface area contributed by atoms with Gasteiger partial charge in [-0.05, 0) is 44.4 Å². The number of aromatic hydroxyl groups is 1. The SMILES string of the molecule is COc1cc(C(CN)N2C(C)CCCC2C)ccc1O. The van der Waals surface area contributed by atoms with Crippen molar-refractivity contribution in [3.8, 4) is 11.5 Å². The van der Waals surface area contributed by atoms with Crippen molar-refractivity contribution in [3.05, 3.63) is 23.8 Å². The molecule has 1 heterocycles. The van der Waals surface area contributed by atoms with Gasteiger partial charge in [0.1, 0.15) is 0 Å². The first-order valence-corrected chi connectivity index (χ1v) is 7.42. The van der Waals surface area contributed by atoms with E-state index in [0.29, 0.717) is 24.4 Å². The maximum absolute atomic E-state index is 9.73. The molecular weight excluding hydrogens is 252 g/mol. The molecule has 20 heavy (non-hydrogen) atoms. The van der Waals surface area contributed by atoms with Gasteiger partial charge >= 0.3 is 0 Å². The van der Waals surface area contributed by atoms with Crippen molar-refractivity contribution in [1.29, 1.82) is 0 Å². The number of ether oxygens (including phenoxy) is 1. The predicted octanol–water partition coefficient (Wildman–Crippen LogP) is 2.66. The van der Waals surface area contributed by atoms with Gasteiger partial charge in [-0.15, -0.1) is 0 Å². The first-order valence-electron chi connectivity index (χ1n) is 7.42. The standard InChI is InChI=1S/C16H26N2O2/c1-11-5-4-6-12(2)18(11)14(10-17)13-7-8-15(19)16(9-13)20-3/h7-9,11-12,14,19H,4-6,10,17H2,1-3H3. The Kier molecular flexibility index (Phi) is 4.89. The van der Waals surface area contributed by atoms with Crippen LogP contribution in [0.5, 0.6) is 11.5 Å². The van der Waals surface area contributed by atoms with Crippen LogP contribution in [-0.4, -0.2) is 35.7 Å². The average Bonchev–Trinajstić information content (AvgIpc) is 2.44. The number of methoxy groups -OCH3 is 1. The number of likely N-dealkylation sites (tertiary alicyclic amines) is 1. The lowest BCUT2D eigenvalue weighted by Gasteiger charge is -2.44. The third-order valence-corrected chi connectivity index (χ3v) is 4.43. The Hall–Kier alpha value is -1.26. The van der Waals surface area contributed by atoms with Crippen LogP contribution in [0.1, 0.15) is 44.7 Å². The fourth-order valence-electron chi connectivity index (χ4n) is 3.39. The molecule has 1 saturated heterocycles. The number of nitrogens with zero attached hydrogens (tertiary/aromatic N) is 1. The van der Waals surface area contributed by atoms with E-state index in [1.165, 1.54) is 19.3 Å². The van der Waals surface area contributed by atoms with Crippen LogP contribution in [0.15, 0.2) is 18.2 Å². The molecule has 0 spiro atoms. The van der Waals surface area contributed by atoms with Gasteiger partial charge in [-0.1, -0.05) is 12.5 Å². The summed E-state index contributed by atoms with van der Waals surface area (Å²) in [6.45, 7) is 5.12. The van der Waals surface area contributed by atoms with Crippen molar-refractivity contribution < 1.29 is 9.84 Å². The van der Waals surface area contributed by atoms with Gasteiger partial charge in [-0.25, -0.2) is 0 Å². The number of piperidine rings is 1. The minimum Gasteiger partial charge on any atom is -0.504 e. The highest BCUT2D eigenvalue weighted by Crippen LogP contribution is 2.35. The largest absolute Gasteiger partial charge is 0.504 e. The third-order valence-electron chi connectivity index (χ3n) is 4.43. The van der Waals surface area contributed by atoms with E-state index in [1.807, 2.05) is 12.1 Å². The van der Waals surface area contributed by atoms with E-state index < -0.39 is 0 Å². The van der Waals surface area contributed by atoms with E-state index in [1.54, 1.807) is 13.2 Å². The Morgan fingerprint density at radius 1 is 1.35 bits per heavy atom. The van der Waals surface area contributed by atoms with Gasteiger partial charge < -0.3 is 15.6 Å². The van der Waals surface area contributed by atoms with Gasteiger partial charge in [0.05, 0.1) is 7.11 Å². The van der Waals surface area contributed by atoms with Crippen LogP contribution >= 0.6 is 0 Å². The quantitative estimate of drug-likeness (QED) is 0.889. The van der Waals surface area contributed by atoms with Crippen LogP contribution in [0.25, 0.3) is 0 Å². The second kappa shape index (κ2) is 6.46. The monoisotopic (exact) mass is 278 g/mol. The van der Waals surface area contributed by atoms with Gasteiger partial charge in [0, 0.05) is 24.7 Å². The van der Waals surface area contributed by atoms with Gasteiger partial charge in [0.15, 0.2) is 11.5 Å². The number of phenols is 1. The van der Waals surface area contributed by atoms with E-state index >= 15 is 0 Å². The first-order chi connectivity index (χ1) is 9.58. The van der Waals surface area contributed by atoms with Crippen LogP contribution in [0.3, 0.4) is 0 Å². The fourth-order valence-corrected chi connectivity index (χ4v) is 3.39. The molecule has 112 valence electrons. The summed E-state index contributed by atoms with van der Waals surface area (Å²) in [5, 5.41) is 9.73. The molecule has 0 bridgehead atoms. The summed E-state index contributed by atoms with van der Waals surface area (Å²) in [5.74, 6) is 0.685. The molecule has 4 heteroatoms. The van der Waals surface area contributed by atoms with Crippen LogP contribution in [0, 0.1) is 0 Å². The summed E-state index contributed by atoms with van der Waals surface area (Å²) in [6.07, 6.45) is 3.72. The molecule has 3 atom stereocenters. The number of hydrogen-bond acceptors (Lipinski definition) is 4. The molecule has 2 rings (SSSR count). The van der Waals surface area contributed by atoms with E-state index in [-0.39, 0.29) is 11.8 Å². The highest BCUT2D eigenvalue weighted by molar-refractivity contribution is 5.42. The second-order valence-electron chi connectivity index (χ2n) is 5.76. The van der Waals surface area contributed by atoms with Gasteiger partial charge in [-0.3, -0.25) is 4.90 Å². The summed E-state index contributed by atoms with van der Waals surface area (Å²) in [4.78, 5) is 2.51. The molecule has 4 nitrogen and oxygen atoms in total. The second-order valence-corrected chi connectivity index (χ2v) is 5.76. The van der Waals surface area contributed by atoms with Crippen molar-refractivity contribution in [2.24, 2.45) is 5.73 Å². The number of benzene rings is 1. The van der Waals surface area contributed by atoms with Gasteiger partial charge in [-0.2, -0.15) is 0 Å². The van der Waals surface area contributed by atoms with Gasteiger partial charge in [0.25, 0.3) is 0 Å².